The van der Waals surface area contributed by atoms with Gasteiger partial charge >= 0.3 is 0 Å². The van der Waals surface area contributed by atoms with Crippen molar-refractivity contribution in [2.75, 3.05) is 0 Å². The lowest BCUT2D eigenvalue weighted by atomic mass is 9.77. The molecule has 0 bridgehead atoms. The molecule has 2 aromatic carbocycles. The number of rotatable bonds is 5. The summed E-state index contributed by atoms with van der Waals surface area (Å²) in [6.45, 7) is 5.39. The van der Waals surface area contributed by atoms with Gasteiger partial charge in [0.15, 0.2) is 11.6 Å². The van der Waals surface area contributed by atoms with Crippen LogP contribution >= 0.6 is 0 Å². The van der Waals surface area contributed by atoms with Gasteiger partial charge in [-0.3, -0.25) is 0 Å². The number of aryl methyl sites for hydroxylation is 1. The lowest BCUT2D eigenvalue weighted by Crippen LogP contribution is -2.13. The second kappa shape index (κ2) is 7.95. The zero-order valence-electron chi connectivity index (χ0n) is 14.9. The fourth-order valence-corrected chi connectivity index (χ4v) is 3.94. The minimum atomic E-state index is -0.754. The van der Waals surface area contributed by atoms with Crippen molar-refractivity contribution in [3.05, 3.63) is 71.8 Å². The van der Waals surface area contributed by atoms with Crippen LogP contribution in [0, 0.1) is 24.5 Å². The monoisotopic (exact) mass is 340 g/mol. The van der Waals surface area contributed by atoms with Crippen molar-refractivity contribution in [2.45, 2.75) is 51.4 Å². The summed E-state index contributed by atoms with van der Waals surface area (Å²) in [6, 6.07) is 11.3. The molecule has 0 unspecified atom stereocenters. The van der Waals surface area contributed by atoms with Crippen LogP contribution < -0.4 is 0 Å². The first kappa shape index (κ1) is 17.8. The Labute approximate surface area is 149 Å². The second-order valence-electron chi connectivity index (χ2n) is 7.26. The van der Waals surface area contributed by atoms with Crippen molar-refractivity contribution in [1.29, 1.82) is 0 Å². The summed E-state index contributed by atoms with van der Waals surface area (Å²) >= 11 is 0. The number of hydrogen-bond acceptors (Lipinski definition) is 0. The minimum absolute atomic E-state index is 0.336. The molecule has 0 spiro atoms. The highest BCUT2D eigenvalue weighted by Crippen LogP contribution is 2.38. The number of halogens is 2. The van der Waals surface area contributed by atoms with Crippen LogP contribution in [0.4, 0.5) is 8.78 Å². The third kappa shape index (κ3) is 4.00. The molecule has 2 heteroatoms. The fraction of sp³-hybridized carbons (Fsp3) is 0.391. The van der Waals surface area contributed by atoms with E-state index in [1.54, 1.807) is 19.1 Å². The van der Waals surface area contributed by atoms with Gasteiger partial charge in [0, 0.05) is 5.56 Å². The molecule has 0 aromatic heterocycles. The molecule has 2 aromatic rings. The number of allylic oxidation sites excluding steroid dienone is 1. The molecule has 25 heavy (non-hydrogen) atoms. The molecule has 0 radical (unpaired) electrons. The Morgan fingerprint density at radius 3 is 2.28 bits per heavy atom. The smallest absolute Gasteiger partial charge is 0.166 e. The summed E-state index contributed by atoms with van der Waals surface area (Å²) in [5.41, 5.74) is 2.73. The molecule has 132 valence electrons. The summed E-state index contributed by atoms with van der Waals surface area (Å²) in [5, 5.41) is 0. The molecule has 0 heterocycles. The zero-order valence-corrected chi connectivity index (χ0v) is 14.9. The Balaban J connectivity index is 1.69. The molecular formula is C23H26F2. The van der Waals surface area contributed by atoms with E-state index in [-0.39, 0.29) is 0 Å². The zero-order chi connectivity index (χ0) is 17.8. The maximum absolute atomic E-state index is 14.2. The predicted octanol–water partition coefficient (Wildman–Crippen LogP) is 7.18. The molecule has 0 amide bonds. The van der Waals surface area contributed by atoms with Crippen LogP contribution in [0.25, 0.3) is 11.1 Å². The van der Waals surface area contributed by atoms with Crippen molar-refractivity contribution < 1.29 is 8.78 Å². The normalized spacial score (nSPS) is 20.4. The van der Waals surface area contributed by atoms with Gasteiger partial charge in [-0.2, -0.15) is 0 Å². The van der Waals surface area contributed by atoms with Crippen molar-refractivity contribution >= 4 is 0 Å². The van der Waals surface area contributed by atoms with Crippen LogP contribution in [0.3, 0.4) is 0 Å². The van der Waals surface area contributed by atoms with E-state index >= 15 is 0 Å². The second-order valence-corrected chi connectivity index (χ2v) is 7.26. The topological polar surface area (TPSA) is 0 Å². The van der Waals surface area contributed by atoms with Gasteiger partial charge < -0.3 is 0 Å². The summed E-state index contributed by atoms with van der Waals surface area (Å²) in [7, 11) is 0. The first-order valence-electron chi connectivity index (χ1n) is 9.26. The van der Waals surface area contributed by atoms with Crippen LogP contribution in [0.15, 0.2) is 49.1 Å². The predicted molar refractivity (Wildman–Crippen MR) is 101 cm³/mol. The average Bonchev–Trinajstić information content (AvgIpc) is 2.65. The molecule has 0 atom stereocenters. The van der Waals surface area contributed by atoms with Gasteiger partial charge in [-0.1, -0.05) is 42.5 Å². The third-order valence-electron chi connectivity index (χ3n) is 5.59. The van der Waals surface area contributed by atoms with Gasteiger partial charge in [-0.15, -0.1) is 6.58 Å². The molecule has 0 N–H and O–H groups in total. The highest BCUT2D eigenvalue weighted by atomic mass is 19.2. The van der Waals surface area contributed by atoms with Crippen LogP contribution in [-0.4, -0.2) is 0 Å². The van der Waals surface area contributed by atoms with Crippen molar-refractivity contribution in [3.8, 4) is 11.1 Å². The van der Waals surface area contributed by atoms with E-state index < -0.39 is 11.6 Å². The van der Waals surface area contributed by atoms with E-state index in [1.807, 2.05) is 18.2 Å². The third-order valence-corrected chi connectivity index (χ3v) is 5.59. The average molecular weight is 340 g/mol. The van der Waals surface area contributed by atoms with E-state index in [9.17, 15) is 8.78 Å². The summed E-state index contributed by atoms with van der Waals surface area (Å²) in [4.78, 5) is 0. The highest BCUT2D eigenvalue weighted by Gasteiger charge is 2.22. The van der Waals surface area contributed by atoms with Crippen molar-refractivity contribution in [3.63, 3.8) is 0 Å². The van der Waals surface area contributed by atoms with E-state index in [0.717, 1.165) is 17.9 Å². The highest BCUT2D eigenvalue weighted by molar-refractivity contribution is 5.65. The Morgan fingerprint density at radius 1 is 0.960 bits per heavy atom. The van der Waals surface area contributed by atoms with Gasteiger partial charge in [0.1, 0.15) is 0 Å². The largest absolute Gasteiger partial charge is 0.203 e. The van der Waals surface area contributed by atoms with Crippen molar-refractivity contribution in [1.82, 2.24) is 0 Å². The minimum Gasteiger partial charge on any atom is -0.203 e. The molecule has 1 aliphatic carbocycles. The van der Waals surface area contributed by atoms with E-state index in [2.05, 4.69) is 18.7 Å². The molecule has 1 fully saturated rings. The summed E-state index contributed by atoms with van der Waals surface area (Å²) in [6.07, 6.45) is 9.37. The molecular weight excluding hydrogens is 314 g/mol. The Kier molecular flexibility index (Phi) is 5.67. The quantitative estimate of drug-likeness (QED) is 0.506. The van der Waals surface area contributed by atoms with Crippen molar-refractivity contribution in [2.24, 2.45) is 5.92 Å². The Hall–Kier alpha value is -1.96. The SMILES string of the molecule is C=CCCC1CCC(c2ccc(-c3ccc(C)c(F)c3F)cc2)CC1. The lowest BCUT2D eigenvalue weighted by Gasteiger charge is -2.28. The number of benzene rings is 2. The van der Waals surface area contributed by atoms with E-state index in [0.29, 0.717) is 17.0 Å². The van der Waals surface area contributed by atoms with Gasteiger partial charge in [0.05, 0.1) is 0 Å². The Bertz CT molecular complexity index is 723. The molecule has 0 aliphatic heterocycles. The molecule has 3 rings (SSSR count). The number of hydrogen-bond donors (Lipinski definition) is 0. The van der Waals surface area contributed by atoms with Gasteiger partial charge in [0.25, 0.3) is 0 Å². The van der Waals surface area contributed by atoms with Gasteiger partial charge in [-0.25, -0.2) is 8.78 Å². The standard InChI is InChI=1S/C23H26F2/c1-3-4-5-17-7-9-18(10-8-17)19-11-13-20(14-12-19)21-15-6-16(2)22(24)23(21)25/h3,6,11-15,17-18H,1,4-5,7-10H2,2H3. The first-order chi connectivity index (χ1) is 12.1. The summed E-state index contributed by atoms with van der Waals surface area (Å²) < 4.78 is 28.0. The molecule has 1 saturated carbocycles. The van der Waals surface area contributed by atoms with Gasteiger partial charge in [-0.05, 0) is 74.0 Å². The molecule has 1 aliphatic rings. The fourth-order valence-electron chi connectivity index (χ4n) is 3.94. The van der Waals surface area contributed by atoms with E-state index in [1.165, 1.54) is 37.7 Å². The molecule has 0 saturated heterocycles. The first-order valence-corrected chi connectivity index (χ1v) is 9.26. The van der Waals surface area contributed by atoms with Crippen LogP contribution in [0.5, 0.6) is 0 Å². The van der Waals surface area contributed by atoms with Gasteiger partial charge in [0.2, 0.25) is 0 Å². The van der Waals surface area contributed by atoms with Crippen LogP contribution in [0.1, 0.15) is 55.6 Å². The van der Waals surface area contributed by atoms with Crippen LogP contribution in [0.2, 0.25) is 0 Å². The maximum Gasteiger partial charge on any atom is 0.166 e. The summed E-state index contributed by atoms with van der Waals surface area (Å²) in [5.74, 6) is -0.0818. The van der Waals surface area contributed by atoms with Crippen LogP contribution in [-0.2, 0) is 0 Å². The maximum atomic E-state index is 14.2. The lowest BCUT2D eigenvalue weighted by molar-refractivity contribution is 0.312. The van der Waals surface area contributed by atoms with E-state index in [4.69, 9.17) is 0 Å². The Morgan fingerprint density at radius 2 is 1.64 bits per heavy atom. The molecule has 0 nitrogen and oxygen atoms in total.